The topological polar surface area (TPSA) is 291 Å². The molecule has 1 saturated heterocycles. The van der Waals surface area contributed by atoms with Gasteiger partial charge < -0.3 is 51.0 Å². The van der Waals surface area contributed by atoms with Crippen molar-refractivity contribution in [1.29, 1.82) is 0 Å². The van der Waals surface area contributed by atoms with Gasteiger partial charge in [0, 0.05) is 26.3 Å². The highest BCUT2D eigenvalue weighted by Crippen LogP contribution is 2.30. The molecule has 0 aromatic carbocycles. The average Bonchev–Trinajstić information content (AvgIpc) is 3.29. The predicted octanol–water partition coefficient (Wildman–Crippen LogP) is 2.73. The Bertz CT molecular complexity index is 1870. The Hall–Kier alpha value is -5.63. The van der Waals surface area contributed by atoms with Crippen LogP contribution < -0.4 is 31.9 Å². The number of hydrogen-bond donors (Lipinski definition) is 6. The van der Waals surface area contributed by atoms with Crippen molar-refractivity contribution in [2.75, 3.05) is 19.7 Å². The molecular formula is C50H83N7O14. The molecule has 1 heterocycles. The summed E-state index contributed by atoms with van der Waals surface area (Å²) in [6.45, 7) is 18.0. The van der Waals surface area contributed by atoms with Crippen molar-refractivity contribution in [1.82, 2.24) is 36.8 Å². The van der Waals surface area contributed by atoms with E-state index in [-0.39, 0.29) is 57.6 Å². The van der Waals surface area contributed by atoms with Gasteiger partial charge in [0.1, 0.15) is 48.0 Å². The van der Waals surface area contributed by atoms with Crippen molar-refractivity contribution in [2.45, 2.75) is 220 Å². The maximum Gasteiger partial charge on any atom is 0.325 e. The fraction of sp³-hybridized carbons (Fsp3) is 0.780. The molecule has 2 aliphatic rings. The summed E-state index contributed by atoms with van der Waals surface area (Å²) in [5.74, 6) is -9.06. The third kappa shape index (κ3) is 22.6. The van der Waals surface area contributed by atoms with Crippen molar-refractivity contribution in [3.63, 3.8) is 0 Å². The lowest BCUT2D eigenvalue weighted by Crippen LogP contribution is -2.63. The van der Waals surface area contributed by atoms with Gasteiger partial charge in [-0.3, -0.25) is 52.7 Å². The molecule has 6 atom stereocenters. The molecule has 1 saturated carbocycles. The highest BCUT2D eigenvalue weighted by molar-refractivity contribution is 6.38. The van der Waals surface area contributed by atoms with E-state index in [9.17, 15) is 52.7 Å². The lowest BCUT2D eigenvalue weighted by Gasteiger charge is -2.40. The molecular weight excluding hydrogens is 923 g/mol. The number of esters is 3. The third-order valence-corrected chi connectivity index (χ3v) is 11.8. The van der Waals surface area contributed by atoms with Crippen LogP contribution in [0.15, 0.2) is 0 Å². The summed E-state index contributed by atoms with van der Waals surface area (Å²) in [6, 6.07) is -7.41. The number of ether oxygens (including phenoxy) is 3. The average molecular weight is 1010 g/mol. The van der Waals surface area contributed by atoms with Crippen molar-refractivity contribution >= 4 is 65.0 Å². The van der Waals surface area contributed by atoms with Gasteiger partial charge >= 0.3 is 17.9 Å². The standard InChI is InChI=1S/C50H83N7O14/c1-12-19-33(42(62)47(67)51-29-39(61)69-28-13-2)53-45(65)36-22-17-18-27-57(36)48(68)41(32-20-15-14-16-21-32)56-46(66)40(30(3)4)55-44(64)35(24-26-38(60)71-50(9,10)11)54-43(63)34(52-31(5)58)23-25-37(59)70-49(6,7)8/h30,32-36,40-41H,12-29H2,1-11H3,(H,51,67)(H,52,58)(H,53,65)(H,54,63)(H,55,64)(H,56,66)/t33?,34-,35-,36-,40-,41-/m0/s1. The normalized spacial score (nSPS) is 17.5. The molecule has 1 aliphatic carbocycles. The molecule has 0 aromatic rings. The van der Waals surface area contributed by atoms with Crippen molar-refractivity contribution in [3.8, 4) is 0 Å². The van der Waals surface area contributed by atoms with Crippen molar-refractivity contribution < 1.29 is 67.0 Å². The van der Waals surface area contributed by atoms with E-state index in [4.69, 9.17) is 14.2 Å². The van der Waals surface area contributed by atoms with E-state index in [1.54, 1.807) is 69.2 Å². The Labute approximate surface area is 419 Å². The molecule has 402 valence electrons. The van der Waals surface area contributed by atoms with Crippen LogP contribution in [0.4, 0.5) is 0 Å². The number of nitrogens with one attached hydrogen (secondary N) is 6. The largest absolute Gasteiger partial charge is 0.464 e. The predicted molar refractivity (Wildman–Crippen MR) is 260 cm³/mol. The fourth-order valence-electron chi connectivity index (χ4n) is 8.38. The summed E-state index contributed by atoms with van der Waals surface area (Å²) in [7, 11) is 0. The van der Waals surface area contributed by atoms with E-state index in [0.717, 1.165) is 19.3 Å². The number of ketones is 1. The lowest BCUT2D eigenvalue weighted by atomic mass is 9.82. The number of rotatable bonds is 26. The molecule has 2 fully saturated rings. The number of piperidine rings is 1. The van der Waals surface area contributed by atoms with Crippen LogP contribution >= 0.6 is 0 Å². The van der Waals surface area contributed by atoms with Gasteiger partial charge in [-0.2, -0.15) is 0 Å². The number of likely N-dealkylation sites (tertiary alicyclic amines) is 1. The van der Waals surface area contributed by atoms with Crippen molar-refractivity contribution in [3.05, 3.63) is 0 Å². The Morgan fingerprint density at radius 3 is 1.68 bits per heavy atom. The monoisotopic (exact) mass is 1010 g/mol. The maximum atomic E-state index is 14.8. The Balaban J connectivity index is 2.42. The Morgan fingerprint density at radius 1 is 0.606 bits per heavy atom. The van der Waals surface area contributed by atoms with E-state index >= 15 is 0 Å². The van der Waals surface area contributed by atoms with Crippen LogP contribution in [-0.4, -0.2) is 137 Å². The zero-order chi connectivity index (χ0) is 53.6. The molecule has 0 radical (unpaired) electrons. The van der Waals surface area contributed by atoms with E-state index in [0.29, 0.717) is 38.5 Å². The molecule has 71 heavy (non-hydrogen) atoms. The Morgan fingerprint density at radius 2 is 1.15 bits per heavy atom. The highest BCUT2D eigenvalue weighted by Gasteiger charge is 2.42. The van der Waals surface area contributed by atoms with Crippen LogP contribution in [0.1, 0.15) is 172 Å². The Kier molecular flexibility index (Phi) is 25.7. The molecule has 1 unspecified atom stereocenters. The number of carbonyl (C=O) groups is 11. The summed E-state index contributed by atoms with van der Waals surface area (Å²) in [5, 5.41) is 15.7. The molecule has 7 amide bonds. The van der Waals surface area contributed by atoms with E-state index in [1.807, 2.05) is 0 Å². The summed E-state index contributed by atoms with van der Waals surface area (Å²) < 4.78 is 15.8. The number of Topliss-reactive ketones (excluding diaryl/α,β-unsaturated/α-hetero) is 1. The van der Waals surface area contributed by atoms with Gasteiger partial charge in [0.25, 0.3) is 5.91 Å². The number of nitrogens with zero attached hydrogens (tertiary/aromatic N) is 1. The summed E-state index contributed by atoms with van der Waals surface area (Å²) >= 11 is 0. The minimum Gasteiger partial charge on any atom is -0.464 e. The third-order valence-electron chi connectivity index (χ3n) is 11.8. The van der Waals surface area contributed by atoms with E-state index < -0.39 is 125 Å². The van der Waals surface area contributed by atoms with Crippen LogP contribution in [0.5, 0.6) is 0 Å². The molecule has 0 bridgehead atoms. The first-order chi connectivity index (χ1) is 33.2. The summed E-state index contributed by atoms with van der Waals surface area (Å²) in [4.78, 5) is 149. The van der Waals surface area contributed by atoms with Crippen LogP contribution in [0.2, 0.25) is 0 Å². The molecule has 21 nitrogen and oxygen atoms in total. The fourth-order valence-corrected chi connectivity index (χ4v) is 8.38. The molecule has 2 rings (SSSR count). The van der Waals surface area contributed by atoms with Gasteiger partial charge in [-0.05, 0) is 111 Å². The van der Waals surface area contributed by atoms with Gasteiger partial charge in [-0.25, -0.2) is 0 Å². The molecule has 0 spiro atoms. The first kappa shape index (κ1) is 61.5. The second-order valence-corrected chi connectivity index (χ2v) is 20.8. The SMILES string of the molecule is CCCOC(=O)CNC(=O)C(=O)C(CCC)NC(=O)[C@@H]1CCCCN1C(=O)[C@@H](NC(=O)[C@@H](NC(=O)[C@H](CCC(=O)OC(C)(C)C)NC(=O)[C@H](CCC(=O)OC(C)(C)C)NC(C)=O)C(C)C)C1CCCCC1. The van der Waals surface area contributed by atoms with E-state index in [1.165, 1.54) is 11.8 Å². The number of carbonyl (C=O) groups excluding carboxylic acids is 11. The van der Waals surface area contributed by atoms with Gasteiger partial charge in [-0.1, -0.05) is 53.4 Å². The number of amides is 7. The lowest BCUT2D eigenvalue weighted by molar-refractivity contribution is -0.156. The zero-order valence-electron chi connectivity index (χ0n) is 44.0. The quantitative estimate of drug-likeness (QED) is 0.0413. The minimum absolute atomic E-state index is 0.109. The zero-order valence-corrected chi connectivity index (χ0v) is 44.0. The molecule has 6 N–H and O–H groups in total. The minimum atomic E-state index is -1.44. The maximum absolute atomic E-state index is 14.8. The van der Waals surface area contributed by atoms with Gasteiger partial charge in [-0.15, -0.1) is 0 Å². The van der Waals surface area contributed by atoms with Gasteiger partial charge in [0.05, 0.1) is 12.6 Å². The second-order valence-electron chi connectivity index (χ2n) is 20.8. The van der Waals surface area contributed by atoms with Crippen LogP contribution in [-0.2, 0) is 67.0 Å². The highest BCUT2D eigenvalue weighted by atomic mass is 16.6. The van der Waals surface area contributed by atoms with Crippen molar-refractivity contribution in [2.24, 2.45) is 11.8 Å². The van der Waals surface area contributed by atoms with Crippen LogP contribution in [0.3, 0.4) is 0 Å². The molecule has 21 heteroatoms. The second kappa shape index (κ2) is 29.7. The summed E-state index contributed by atoms with van der Waals surface area (Å²) in [6.07, 6.45) is 5.14. The van der Waals surface area contributed by atoms with E-state index in [2.05, 4.69) is 31.9 Å². The smallest absolute Gasteiger partial charge is 0.325 e. The van der Waals surface area contributed by atoms with Gasteiger partial charge in [0.15, 0.2) is 0 Å². The van der Waals surface area contributed by atoms with Crippen LogP contribution in [0.25, 0.3) is 0 Å². The first-order valence-corrected chi connectivity index (χ1v) is 25.4. The molecule has 1 aliphatic heterocycles. The summed E-state index contributed by atoms with van der Waals surface area (Å²) in [5.41, 5.74) is -1.66. The first-order valence-electron chi connectivity index (χ1n) is 25.4. The molecule has 0 aromatic heterocycles. The van der Waals surface area contributed by atoms with Gasteiger partial charge in [0.2, 0.25) is 41.2 Å². The number of hydrogen-bond acceptors (Lipinski definition) is 14. The van der Waals surface area contributed by atoms with Crippen LogP contribution in [0, 0.1) is 11.8 Å².